The van der Waals surface area contributed by atoms with Crippen LogP contribution in [0, 0.1) is 0 Å². The van der Waals surface area contributed by atoms with Crippen molar-refractivity contribution in [3.63, 3.8) is 0 Å². The van der Waals surface area contributed by atoms with E-state index >= 15 is 0 Å². The Morgan fingerprint density at radius 2 is 2.26 bits per heavy atom. The summed E-state index contributed by atoms with van der Waals surface area (Å²) in [4.78, 5) is 15.0. The van der Waals surface area contributed by atoms with E-state index in [9.17, 15) is 4.79 Å². The number of ether oxygens (including phenoxy) is 2. The molecular formula is C15H17NO3. The van der Waals surface area contributed by atoms with Crippen molar-refractivity contribution in [1.29, 1.82) is 0 Å². The summed E-state index contributed by atoms with van der Waals surface area (Å²) >= 11 is 0. The smallest absolute Gasteiger partial charge is 0.308 e. The molecule has 0 spiro atoms. The second kappa shape index (κ2) is 4.38. The zero-order chi connectivity index (χ0) is 13.5. The fourth-order valence-corrected chi connectivity index (χ4v) is 2.85. The van der Waals surface area contributed by atoms with E-state index in [0.29, 0.717) is 6.61 Å². The Kier molecular flexibility index (Phi) is 2.82. The number of para-hydroxylation sites is 1. The van der Waals surface area contributed by atoms with Gasteiger partial charge in [-0.2, -0.15) is 0 Å². The molecular weight excluding hydrogens is 242 g/mol. The number of rotatable bonds is 2. The molecule has 0 saturated carbocycles. The van der Waals surface area contributed by atoms with Gasteiger partial charge in [-0.1, -0.05) is 18.2 Å². The third kappa shape index (κ3) is 1.92. The molecule has 1 N–H and O–H groups in total. The molecule has 3 rings (SSSR count). The third-order valence-corrected chi connectivity index (χ3v) is 3.82. The standard InChI is InChI=1S/C15H17NO3/c1-15(9-13(17)18-2)14-11(7-8-19-15)10-5-3-4-6-12(10)16-14/h3-6,16H,7-9H2,1-2H3/t15-/m0/s1. The largest absolute Gasteiger partial charge is 0.469 e. The van der Waals surface area contributed by atoms with Crippen molar-refractivity contribution < 1.29 is 14.3 Å². The Hall–Kier alpha value is -1.81. The van der Waals surface area contributed by atoms with E-state index in [1.165, 1.54) is 18.1 Å². The van der Waals surface area contributed by atoms with Crippen molar-refractivity contribution in [2.24, 2.45) is 0 Å². The van der Waals surface area contributed by atoms with Gasteiger partial charge in [-0.3, -0.25) is 4.79 Å². The minimum absolute atomic E-state index is 0.226. The van der Waals surface area contributed by atoms with Gasteiger partial charge in [0.15, 0.2) is 0 Å². The van der Waals surface area contributed by atoms with Crippen molar-refractivity contribution >= 4 is 16.9 Å². The highest BCUT2D eigenvalue weighted by molar-refractivity contribution is 5.85. The van der Waals surface area contributed by atoms with Crippen LogP contribution in [0.1, 0.15) is 24.6 Å². The topological polar surface area (TPSA) is 51.3 Å². The van der Waals surface area contributed by atoms with Crippen molar-refractivity contribution in [2.75, 3.05) is 13.7 Å². The molecule has 19 heavy (non-hydrogen) atoms. The maximum absolute atomic E-state index is 11.6. The molecule has 4 heteroatoms. The van der Waals surface area contributed by atoms with Crippen LogP contribution in [0.5, 0.6) is 0 Å². The highest BCUT2D eigenvalue weighted by Gasteiger charge is 2.38. The Balaban J connectivity index is 2.11. The van der Waals surface area contributed by atoms with Gasteiger partial charge in [0.2, 0.25) is 0 Å². The van der Waals surface area contributed by atoms with Gasteiger partial charge in [0.1, 0.15) is 5.60 Å². The van der Waals surface area contributed by atoms with Gasteiger partial charge >= 0.3 is 5.97 Å². The number of methoxy groups -OCH3 is 1. The fourth-order valence-electron chi connectivity index (χ4n) is 2.85. The lowest BCUT2D eigenvalue weighted by atomic mass is 9.90. The van der Waals surface area contributed by atoms with Gasteiger partial charge in [0.25, 0.3) is 0 Å². The quantitative estimate of drug-likeness (QED) is 0.843. The minimum atomic E-state index is -0.625. The van der Waals surface area contributed by atoms with Gasteiger partial charge in [0.05, 0.1) is 25.8 Å². The molecule has 1 aliphatic rings. The number of hydrogen-bond acceptors (Lipinski definition) is 3. The van der Waals surface area contributed by atoms with Crippen molar-refractivity contribution in [3.05, 3.63) is 35.5 Å². The van der Waals surface area contributed by atoms with Crippen LogP contribution in [-0.4, -0.2) is 24.7 Å². The number of aromatic nitrogens is 1. The van der Waals surface area contributed by atoms with E-state index in [1.54, 1.807) is 0 Å². The molecule has 2 heterocycles. The van der Waals surface area contributed by atoms with Gasteiger partial charge in [-0.15, -0.1) is 0 Å². The zero-order valence-corrected chi connectivity index (χ0v) is 11.2. The Bertz CT molecular complexity index is 631. The predicted molar refractivity (Wildman–Crippen MR) is 71.9 cm³/mol. The SMILES string of the molecule is COC(=O)C[C@]1(C)OCCc2c1[nH]c1ccccc21. The molecule has 100 valence electrons. The molecule has 0 aliphatic carbocycles. The van der Waals surface area contributed by atoms with Crippen molar-refractivity contribution in [1.82, 2.24) is 4.98 Å². The van der Waals surface area contributed by atoms with E-state index < -0.39 is 5.60 Å². The molecule has 2 aromatic rings. The molecule has 0 unspecified atom stereocenters. The maximum Gasteiger partial charge on any atom is 0.308 e. The van der Waals surface area contributed by atoms with Crippen molar-refractivity contribution in [3.8, 4) is 0 Å². The second-order valence-corrected chi connectivity index (χ2v) is 5.11. The average Bonchev–Trinajstić information content (AvgIpc) is 2.79. The van der Waals surface area contributed by atoms with Crippen LogP contribution in [0.25, 0.3) is 10.9 Å². The summed E-state index contributed by atoms with van der Waals surface area (Å²) in [5.41, 5.74) is 2.73. The van der Waals surface area contributed by atoms with Crippen LogP contribution in [0.15, 0.2) is 24.3 Å². The first-order valence-electron chi connectivity index (χ1n) is 6.45. The minimum Gasteiger partial charge on any atom is -0.469 e. The number of nitrogens with one attached hydrogen (secondary N) is 1. The fraction of sp³-hybridized carbons (Fsp3) is 0.400. The molecule has 1 atom stereocenters. The summed E-state index contributed by atoms with van der Waals surface area (Å²) in [6, 6.07) is 8.19. The van der Waals surface area contributed by atoms with Crippen LogP contribution < -0.4 is 0 Å². The Morgan fingerprint density at radius 1 is 1.47 bits per heavy atom. The van der Waals surface area contributed by atoms with E-state index in [4.69, 9.17) is 9.47 Å². The number of hydrogen-bond donors (Lipinski definition) is 1. The number of aromatic amines is 1. The Labute approximate surface area is 111 Å². The molecule has 0 saturated heterocycles. The van der Waals surface area contributed by atoms with E-state index in [0.717, 1.165) is 17.6 Å². The second-order valence-electron chi connectivity index (χ2n) is 5.11. The highest BCUT2D eigenvalue weighted by Crippen LogP contribution is 2.38. The summed E-state index contributed by atoms with van der Waals surface area (Å²) in [5.74, 6) is -0.256. The van der Waals surface area contributed by atoms with Crippen LogP contribution >= 0.6 is 0 Å². The summed E-state index contributed by atoms with van der Waals surface area (Å²) in [6.45, 7) is 2.57. The molecule has 4 nitrogen and oxygen atoms in total. The van der Waals surface area contributed by atoms with Gasteiger partial charge in [-0.25, -0.2) is 0 Å². The molecule has 1 aliphatic heterocycles. The first kappa shape index (κ1) is 12.2. The number of benzene rings is 1. The highest BCUT2D eigenvalue weighted by atomic mass is 16.5. The summed E-state index contributed by atoms with van der Waals surface area (Å²) in [7, 11) is 1.40. The van der Waals surface area contributed by atoms with Crippen LogP contribution in [-0.2, 0) is 26.3 Å². The van der Waals surface area contributed by atoms with Gasteiger partial charge < -0.3 is 14.5 Å². The molecule has 1 aromatic heterocycles. The predicted octanol–water partition coefficient (Wildman–Crippen LogP) is 2.52. The molecule has 1 aromatic carbocycles. The van der Waals surface area contributed by atoms with Crippen LogP contribution in [0.2, 0.25) is 0 Å². The lowest BCUT2D eigenvalue weighted by Crippen LogP contribution is -2.35. The van der Waals surface area contributed by atoms with E-state index in [-0.39, 0.29) is 12.4 Å². The van der Waals surface area contributed by atoms with E-state index in [2.05, 4.69) is 11.1 Å². The number of fused-ring (bicyclic) bond motifs is 3. The first-order valence-corrected chi connectivity index (χ1v) is 6.45. The lowest BCUT2D eigenvalue weighted by Gasteiger charge is -2.33. The number of H-pyrrole nitrogens is 1. The molecule has 0 bridgehead atoms. The number of esters is 1. The summed E-state index contributed by atoms with van der Waals surface area (Å²) in [5, 5.41) is 1.22. The van der Waals surface area contributed by atoms with Gasteiger partial charge in [-0.05, 0) is 25.0 Å². The average molecular weight is 259 g/mol. The van der Waals surface area contributed by atoms with Crippen molar-refractivity contribution in [2.45, 2.75) is 25.4 Å². The molecule has 0 fully saturated rings. The lowest BCUT2D eigenvalue weighted by molar-refractivity contribution is -0.150. The monoisotopic (exact) mass is 259 g/mol. The van der Waals surface area contributed by atoms with Crippen LogP contribution in [0.4, 0.5) is 0 Å². The summed E-state index contributed by atoms with van der Waals surface area (Å²) < 4.78 is 10.6. The first-order chi connectivity index (χ1) is 9.14. The van der Waals surface area contributed by atoms with Gasteiger partial charge in [0, 0.05) is 10.9 Å². The summed E-state index contributed by atoms with van der Waals surface area (Å²) in [6.07, 6.45) is 1.10. The zero-order valence-electron chi connectivity index (χ0n) is 11.2. The van der Waals surface area contributed by atoms with Crippen LogP contribution in [0.3, 0.4) is 0 Å². The molecule has 0 amide bonds. The number of carbonyl (C=O) groups excluding carboxylic acids is 1. The maximum atomic E-state index is 11.6. The third-order valence-electron chi connectivity index (χ3n) is 3.82. The normalized spacial score (nSPS) is 22.2. The number of carbonyl (C=O) groups is 1. The van der Waals surface area contributed by atoms with E-state index in [1.807, 2.05) is 25.1 Å². The Morgan fingerprint density at radius 3 is 3.05 bits per heavy atom. The molecule has 0 radical (unpaired) electrons.